The van der Waals surface area contributed by atoms with Crippen LogP contribution in [0.3, 0.4) is 0 Å². The van der Waals surface area contributed by atoms with Gasteiger partial charge in [-0.3, -0.25) is 4.90 Å². The first-order valence-corrected chi connectivity index (χ1v) is 17.9. The second-order valence-electron chi connectivity index (χ2n) is 14.0. The van der Waals surface area contributed by atoms with Crippen molar-refractivity contribution in [2.45, 2.75) is 77.7 Å². The fraction of sp³-hybridized carbons (Fsp3) is 0.472. The largest absolute Gasteiger partial charge is 0.479 e. The standard InChI is InChI=1S/C36H41ClF2N6O5S/c1-19-15-25-31(28(21-7-9-23(37)10-8-21)27(19)30(33(46)47)50-36(3,4)5)51-32(42-25)20(2)41-26-16-40-45(34(38)39)29(26)22-11-13-43(14-12-22)24-17-44(18-24)35(48)49-6/h7-10,15-16,22,24,30,34H,11-14,17-18H2,1-6H3,(H,46,47)/t30-/m0/s1. The van der Waals surface area contributed by atoms with Gasteiger partial charge < -0.3 is 19.5 Å². The number of carboxylic acids is 1. The minimum atomic E-state index is -2.83. The molecule has 2 aromatic heterocycles. The normalized spacial score (nSPS) is 17.3. The zero-order valence-electron chi connectivity index (χ0n) is 29.3. The lowest BCUT2D eigenvalue weighted by Gasteiger charge is -2.46. The maximum absolute atomic E-state index is 14.3. The number of hydrogen-bond acceptors (Lipinski definition) is 9. The Balaban J connectivity index is 1.35. The van der Waals surface area contributed by atoms with Crippen LogP contribution < -0.4 is 0 Å². The summed E-state index contributed by atoms with van der Waals surface area (Å²) >= 11 is 7.58. The summed E-state index contributed by atoms with van der Waals surface area (Å²) in [6.45, 7) is 8.80. The van der Waals surface area contributed by atoms with Crippen LogP contribution in [0.1, 0.15) is 80.9 Å². The van der Waals surface area contributed by atoms with Crippen molar-refractivity contribution in [2.75, 3.05) is 33.3 Å². The summed E-state index contributed by atoms with van der Waals surface area (Å²) in [5, 5.41) is 15.5. The highest BCUT2D eigenvalue weighted by molar-refractivity contribution is 7.21. The highest BCUT2D eigenvalue weighted by Crippen LogP contribution is 2.44. The second kappa shape index (κ2) is 14.6. The van der Waals surface area contributed by atoms with Gasteiger partial charge in [0.05, 0.1) is 40.5 Å². The first-order valence-electron chi connectivity index (χ1n) is 16.7. The SMILES string of the molecule is COC(=O)N1CC(N2CCC(c3c(N=C(C)c4nc5cc(C)c([C@H](OC(C)(C)C)C(=O)O)c(-c6ccc(Cl)cc6)c5s4)cnn3C(F)F)CC2)C1. The smallest absolute Gasteiger partial charge is 0.409 e. The fourth-order valence-corrected chi connectivity index (χ4v) is 8.12. The van der Waals surface area contributed by atoms with Crippen LogP contribution in [0.15, 0.2) is 41.5 Å². The Kier molecular flexibility index (Phi) is 10.5. The molecule has 2 saturated heterocycles. The molecule has 1 amide bonds. The Morgan fingerprint density at radius 3 is 2.39 bits per heavy atom. The number of aryl methyl sites for hydroxylation is 1. The molecule has 0 bridgehead atoms. The average molecular weight is 743 g/mol. The Labute approximate surface area is 303 Å². The minimum Gasteiger partial charge on any atom is -0.479 e. The van der Waals surface area contributed by atoms with Crippen LogP contribution in [0.4, 0.5) is 19.3 Å². The van der Waals surface area contributed by atoms with Crippen molar-refractivity contribution in [1.82, 2.24) is 24.6 Å². The number of alkyl halides is 2. The van der Waals surface area contributed by atoms with E-state index in [9.17, 15) is 23.5 Å². The van der Waals surface area contributed by atoms with E-state index in [4.69, 9.17) is 31.1 Å². The van der Waals surface area contributed by atoms with Gasteiger partial charge in [-0.1, -0.05) is 23.7 Å². The molecule has 4 aromatic rings. The first-order chi connectivity index (χ1) is 24.1. The summed E-state index contributed by atoms with van der Waals surface area (Å²) < 4.78 is 41.0. The molecule has 1 N–H and O–H groups in total. The van der Waals surface area contributed by atoms with Crippen LogP contribution in [0, 0.1) is 6.92 Å². The summed E-state index contributed by atoms with van der Waals surface area (Å²) in [6.07, 6.45) is 1.07. The van der Waals surface area contributed by atoms with Crippen molar-refractivity contribution >= 4 is 56.6 Å². The molecule has 0 spiro atoms. The van der Waals surface area contributed by atoms with Crippen molar-refractivity contribution in [2.24, 2.45) is 4.99 Å². The maximum Gasteiger partial charge on any atom is 0.409 e. The number of carbonyl (C=O) groups excluding carboxylic acids is 1. The molecule has 1 atom stereocenters. The summed E-state index contributed by atoms with van der Waals surface area (Å²) in [5.41, 5.74) is 3.81. The number of methoxy groups -OCH3 is 1. The predicted molar refractivity (Wildman–Crippen MR) is 193 cm³/mol. The molecule has 2 aromatic carbocycles. The Morgan fingerprint density at radius 2 is 1.80 bits per heavy atom. The number of hydrogen-bond donors (Lipinski definition) is 1. The topological polar surface area (TPSA) is 122 Å². The molecule has 11 nitrogen and oxygen atoms in total. The molecule has 0 aliphatic carbocycles. The van der Waals surface area contributed by atoms with E-state index in [-0.39, 0.29) is 18.1 Å². The van der Waals surface area contributed by atoms with Gasteiger partial charge in [-0.2, -0.15) is 13.9 Å². The van der Waals surface area contributed by atoms with Gasteiger partial charge in [-0.15, -0.1) is 11.3 Å². The number of piperidine rings is 1. The first kappa shape index (κ1) is 36.8. The van der Waals surface area contributed by atoms with E-state index >= 15 is 0 Å². The second-order valence-corrected chi connectivity index (χ2v) is 15.4. The van der Waals surface area contributed by atoms with Crippen LogP contribution in [0.25, 0.3) is 21.3 Å². The Bertz CT molecular complexity index is 1960. The summed E-state index contributed by atoms with van der Waals surface area (Å²) in [4.78, 5) is 38.2. The third kappa shape index (κ3) is 7.64. The number of amides is 1. The summed E-state index contributed by atoms with van der Waals surface area (Å²) in [6, 6.07) is 9.25. The number of aliphatic imine (C=N–C) groups is 1. The van der Waals surface area contributed by atoms with Crippen LogP contribution in [0.5, 0.6) is 0 Å². The molecule has 0 radical (unpaired) electrons. The molecular formula is C36H41ClF2N6O5S. The Morgan fingerprint density at radius 1 is 1.14 bits per heavy atom. The van der Waals surface area contributed by atoms with Crippen molar-refractivity contribution < 1.29 is 33.0 Å². The number of carbonyl (C=O) groups is 2. The van der Waals surface area contributed by atoms with Crippen molar-refractivity contribution in [1.29, 1.82) is 0 Å². The van der Waals surface area contributed by atoms with E-state index in [1.807, 2.05) is 45.9 Å². The molecule has 272 valence electrons. The van der Waals surface area contributed by atoms with Crippen LogP contribution in [-0.4, -0.2) is 92.4 Å². The molecule has 0 unspecified atom stereocenters. The lowest BCUT2D eigenvalue weighted by Crippen LogP contribution is -2.62. The highest BCUT2D eigenvalue weighted by atomic mass is 35.5. The van der Waals surface area contributed by atoms with E-state index in [2.05, 4.69) is 10.00 Å². The van der Waals surface area contributed by atoms with Crippen LogP contribution in [-0.2, 0) is 14.3 Å². The summed E-state index contributed by atoms with van der Waals surface area (Å²) in [5.74, 6) is -1.30. The molecule has 51 heavy (non-hydrogen) atoms. The van der Waals surface area contributed by atoms with E-state index < -0.39 is 24.2 Å². The van der Waals surface area contributed by atoms with Crippen molar-refractivity contribution in [3.8, 4) is 11.1 Å². The molecule has 4 heterocycles. The number of likely N-dealkylation sites (tertiary alicyclic amines) is 2. The van der Waals surface area contributed by atoms with Gasteiger partial charge in [-0.25, -0.2) is 24.2 Å². The van der Waals surface area contributed by atoms with E-state index in [1.165, 1.54) is 24.6 Å². The zero-order chi connectivity index (χ0) is 36.8. The molecular weight excluding hydrogens is 702 g/mol. The number of ether oxygens (including phenoxy) is 2. The number of carboxylic acid groups (broad SMARTS) is 1. The zero-order valence-corrected chi connectivity index (χ0v) is 30.9. The van der Waals surface area contributed by atoms with Crippen molar-refractivity contribution in [3.05, 3.63) is 63.4 Å². The van der Waals surface area contributed by atoms with Gasteiger partial charge in [0.1, 0.15) is 10.7 Å². The predicted octanol–water partition coefficient (Wildman–Crippen LogP) is 8.23. The lowest BCUT2D eigenvalue weighted by molar-refractivity contribution is -0.160. The average Bonchev–Trinajstić information content (AvgIpc) is 3.67. The van der Waals surface area contributed by atoms with Gasteiger partial charge >= 0.3 is 18.6 Å². The number of rotatable bonds is 9. The third-order valence-corrected chi connectivity index (χ3v) is 10.8. The van der Waals surface area contributed by atoms with E-state index in [0.717, 1.165) is 14.9 Å². The van der Waals surface area contributed by atoms with Gasteiger partial charge in [0.2, 0.25) is 0 Å². The lowest BCUT2D eigenvalue weighted by atomic mass is 9.91. The van der Waals surface area contributed by atoms with Crippen LogP contribution >= 0.6 is 22.9 Å². The quantitative estimate of drug-likeness (QED) is 0.170. The number of nitrogens with zero attached hydrogens (tertiary/aromatic N) is 6. The maximum atomic E-state index is 14.3. The number of thiazole rings is 1. The third-order valence-electron chi connectivity index (χ3n) is 9.34. The molecule has 2 aliphatic heterocycles. The monoisotopic (exact) mass is 742 g/mol. The van der Waals surface area contributed by atoms with Gasteiger partial charge in [0.25, 0.3) is 0 Å². The molecule has 2 fully saturated rings. The number of aromatic nitrogens is 3. The van der Waals surface area contributed by atoms with E-state index in [1.54, 1.807) is 24.0 Å². The van der Waals surface area contributed by atoms with Gasteiger partial charge in [-0.05, 0) is 89.9 Å². The Hall–Kier alpha value is -3.98. The molecule has 0 saturated carbocycles. The highest BCUT2D eigenvalue weighted by Gasteiger charge is 2.38. The molecule has 15 heteroatoms. The van der Waals surface area contributed by atoms with Gasteiger partial charge in [0.15, 0.2) is 6.10 Å². The molecule has 2 aliphatic rings. The number of fused-ring (bicyclic) bond motifs is 1. The number of halogens is 3. The fourth-order valence-electron chi connectivity index (χ4n) is 6.92. The van der Waals surface area contributed by atoms with E-state index in [0.29, 0.717) is 88.4 Å². The minimum absolute atomic E-state index is 0.186. The summed E-state index contributed by atoms with van der Waals surface area (Å²) in [7, 11) is 1.36. The molecule has 6 rings (SSSR count). The van der Waals surface area contributed by atoms with Gasteiger partial charge in [0, 0.05) is 41.2 Å². The number of benzene rings is 2. The number of aliphatic carboxylic acids is 1. The van der Waals surface area contributed by atoms with Crippen LogP contribution in [0.2, 0.25) is 5.02 Å². The van der Waals surface area contributed by atoms with Crippen molar-refractivity contribution in [3.63, 3.8) is 0 Å².